The van der Waals surface area contributed by atoms with Crippen LogP contribution in [0.2, 0.25) is 0 Å². The van der Waals surface area contributed by atoms with Crippen molar-refractivity contribution in [3.63, 3.8) is 0 Å². The minimum absolute atomic E-state index is 0.162. The molecule has 5 rings (SSSR count). The Morgan fingerprint density at radius 1 is 1.06 bits per heavy atom. The number of hydrogen-bond acceptors (Lipinski definition) is 6. The Labute approximate surface area is 209 Å². The van der Waals surface area contributed by atoms with Crippen LogP contribution in [0.3, 0.4) is 0 Å². The molecule has 182 valence electrons. The number of carbonyl (C=O) groups excluding carboxylic acids is 2. The molecule has 1 N–H and O–H groups in total. The van der Waals surface area contributed by atoms with Gasteiger partial charge in [-0.15, -0.1) is 0 Å². The first kappa shape index (κ1) is 23.6. The summed E-state index contributed by atoms with van der Waals surface area (Å²) in [7, 11) is 0. The van der Waals surface area contributed by atoms with E-state index in [-0.39, 0.29) is 16.3 Å². The maximum absolute atomic E-state index is 13.8. The van der Waals surface area contributed by atoms with Crippen molar-refractivity contribution in [3.8, 4) is 5.75 Å². The van der Waals surface area contributed by atoms with Gasteiger partial charge in [0.2, 0.25) is 0 Å². The molecular weight excluding hydrogens is 486 g/mol. The third kappa shape index (κ3) is 4.22. The fourth-order valence-corrected chi connectivity index (χ4v) is 5.11. The number of Topliss-reactive ketones (excluding diaryl/α,β-unsaturated/α-hetero) is 1. The van der Waals surface area contributed by atoms with Crippen LogP contribution in [0.25, 0.3) is 16.0 Å². The minimum Gasteiger partial charge on any atom is -0.507 e. The van der Waals surface area contributed by atoms with E-state index in [1.165, 1.54) is 35.2 Å². The van der Waals surface area contributed by atoms with Gasteiger partial charge in [-0.05, 0) is 66.6 Å². The van der Waals surface area contributed by atoms with E-state index in [0.29, 0.717) is 28.1 Å². The molecule has 1 unspecified atom stereocenters. The van der Waals surface area contributed by atoms with E-state index < -0.39 is 35.1 Å². The molecule has 1 fully saturated rings. The van der Waals surface area contributed by atoms with E-state index in [2.05, 4.69) is 4.98 Å². The number of fused-ring (bicyclic) bond motifs is 1. The normalized spacial score (nSPS) is 17.2. The summed E-state index contributed by atoms with van der Waals surface area (Å²) in [6.07, 6.45) is 0.787. The number of aliphatic hydroxyl groups is 1. The van der Waals surface area contributed by atoms with Crippen molar-refractivity contribution in [2.75, 3.05) is 11.5 Å². The zero-order valence-electron chi connectivity index (χ0n) is 19.1. The molecular formula is C27H20F2N2O4S. The summed E-state index contributed by atoms with van der Waals surface area (Å²) < 4.78 is 33.5. The lowest BCUT2D eigenvalue weighted by Gasteiger charge is -2.23. The second-order valence-electron chi connectivity index (χ2n) is 8.21. The van der Waals surface area contributed by atoms with Crippen LogP contribution in [0.5, 0.6) is 5.75 Å². The van der Waals surface area contributed by atoms with Crippen molar-refractivity contribution < 1.29 is 28.2 Å². The number of anilines is 1. The second kappa shape index (κ2) is 9.50. The highest BCUT2D eigenvalue weighted by atomic mass is 32.1. The zero-order chi connectivity index (χ0) is 25.4. The van der Waals surface area contributed by atoms with Crippen molar-refractivity contribution in [3.05, 3.63) is 95.1 Å². The molecule has 0 bridgehead atoms. The number of amides is 1. The summed E-state index contributed by atoms with van der Waals surface area (Å²) in [6, 6.07) is 14.9. The standard InChI is InChI=1S/C27H20F2N2O4S/c1-2-12-35-19-5-3-4-16(13-19)23-22(24(32)15-6-8-17(28)9-7-15)25(33)26(34)31(23)27-30-20-11-10-18(29)14-21(20)36-27/h3-11,13-14,23,32H,2,12H2,1H3/b24-22+. The van der Waals surface area contributed by atoms with Crippen molar-refractivity contribution >= 4 is 44.1 Å². The molecule has 4 aromatic rings. The van der Waals surface area contributed by atoms with Crippen molar-refractivity contribution in [1.29, 1.82) is 0 Å². The van der Waals surface area contributed by atoms with Gasteiger partial charge in [0.15, 0.2) is 5.13 Å². The molecule has 2 heterocycles. The van der Waals surface area contributed by atoms with Crippen LogP contribution < -0.4 is 9.64 Å². The van der Waals surface area contributed by atoms with Crippen molar-refractivity contribution in [2.24, 2.45) is 0 Å². The largest absolute Gasteiger partial charge is 0.507 e. The van der Waals surface area contributed by atoms with Crippen LogP contribution in [-0.4, -0.2) is 28.4 Å². The Morgan fingerprint density at radius 2 is 1.81 bits per heavy atom. The van der Waals surface area contributed by atoms with E-state index in [1.54, 1.807) is 24.3 Å². The predicted molar refractivity (Wildman–Crippen MR) is 133 cm³/mol. The van der Waals surface area contributed by atoms with Crippen LogP contribution in [0.1, 0.15) is 30.5 Å². The molecule has 6 nitrogen and oxygen atoms in total. The number of aliphatic hydroxyl groups excluding tert-OH is 1. The molecule has 0 radical (unpaired) electrons. The monoisotopic (exact) mass is 506 g/mol. The van der Waals surface area contributed by atoms with Crippen LogP contribution >= 0.6 is 11.3 Å². The smallest absolute Gasteiger partial charge is 0.301 e. The summed E-state index contributed by atoms with van der Waals surface area (Å²) in [6.45, 7) is 2.44. The van der Waals surface area contributed by atoms with Gasteiger partial charge in [0, 0.05) is 5.56 Å². The maximum atomic E-state index is 13.8. The molecule has 0 saturated carbocycles. The second-order valence-corrected chi connectivity index (χ2v) is 9.21. The van der Waals surface area contributed by atoms with Gasteiger partial charge in [-0.1, -0.05) is 30.4 Å². The van der Waals surface area contributed by atoms with Crippen LogP contribution in [0.15, 0.2) is 72.3 Å². The molecule has 1 aliphatic rings. The summed E-state index contributed by atoms with van der Waals surface area (Å²) >= 11 is 1.06. The number of ketones is 1. The fourth-order valence-electron chi connectivity index (χ4n) is 4.09. The number of ether oxygens (including phenoxy) is 1. The lowest BCUT2D eigenvalue weighted by Crippen LogP contribution is -2.29. The predicted octanol–water partition coefficient (Wildman–Crippen LogP) is 5.99. The summed E-state index contributed by atoms with van der Waals surface area (Å²) in [4.78, 5) is 32.3. The van der Waals surface area contributed by atoms with E-state index in [1.807, 2.05) is 6.92 Å². The minimum atomic E-state index is -1.04. The number of rotatable bonds is 6. The van der Waals surface area contributed by atoms with E-state index in [0.717, 1.165) is 29.9 Å². The SMILES string of the molecule is CCCOc1cccc(C2/C(=C(\O)c3ccc(F)cc3)C(=O)C(=O)N2c2nc3ccc(F)cc3s2)c1. The summed E-state index contributed by atoms with van der Waals surface area (Å²) in [5.74, 6) is -2.66. The van der Waals surface area contributed by atoms with Gasteiger partial charge in [0.1, 0.15) is 23.1 Å². The molecule has 1 saturated heterocycles. The number of benzene rings is 3. The number of thiazole rings is 1. The highest BCUT2D eigenvalue weighted by Crippen LogP contribution is 2.44. The van der Waals surface area contributed by atoms with E-state index in [4.69, 9.17) is 4.74 Å². The first-order valence-electron chi connectivity index (χ1n) is 11.2. The number of halogens is 2. The van der Waals surface area contributed by atoms with Gasteiger partial charge >= 0.3 is 5.91 Å². The zero-order valence-corrected chi connectivity index (χ0v) is 19.9. The highest BCUT2D eigenvalue weighted by molar-refractivity contribution is 7.22. The average Bonchev–Trinajstić information content (AvgIpc) is 3.40. The first-order valence-corrected chi connectivity index (χ1v) is 12.0. The molecule has 1 amide bonds. The number of aromatic nitrogens is 1. The fraction of sp³-hybridized carbons (Fsp3) is 0.148. The third-order valence-electron chi connectivity index (χ3n) is 5.75. The van der Waals surface area contributed by atoms with Crippen molar-refractivity contribution in [2.45, 2.75) is 19.4 Å². The molecule has 3 aromatic carbocycles. The molecule has 0 aliphatic carbocycles. The Kier molecular flexibility index (Phi) is 6.24. The van der Waals surface area contributed by atoms with Crippen molar-refractivity contribution in [1.82, 2.24) is 4.98 Å². The Morgan fingerprint density at radius 3 is 2.56 bits per heavy atom. The van der Waals surface area contributed by atoms with Crippen LogP contribution in [0, 0.1) is 11.6 Å². The first-order chi connectivity index (χ1) is 17.4. The quantitative estimate of drug-likeness (QED) is 0.197. The Hall–Kier alpha value is -4.11. The van der Waals surface area contributed by atoms with Gasteiger partial charge in [-0.3, -0.25) is 14.5 Å². The van der Waals surface area contributed by atoms with E-state index in [9.17, 15) is 23.5 Å². The Bertz CT molecular complexity index is 1510. The number of carbonyl (C=O) groups is 2. The van der Waals surface area contributed by atoms with Gasteiger partial charge in [-0.2, -0.15) is 0 Å². The highest BCUT2D eigenvalue weighted by Gasteiger charge is 2.48. The van der Waals surface area contributed by atoms with Crippen LogP contribution in [0.4, 0.5) is 13.9 Å². The molecule has 9 heteroatoms. The van der Waals surface area contributed by atoms with Gasteiger partial charge in [-0.25, -0.2) is 13.8 Å². The van der Waals surface area contributed by atoms with Gasteiger partial charge in [0.05, 0.1) is 28.4 Å². The number of hydrogen-bond donors (Lipinski definition) is 1. The Balaban J connectivity index is 1.70. The molecule has 1 atom stereocenters. The summed E-state index contributed by atoms with van der Waals surface area (Å²) in [5, 5.41) is 11.3. The molecule has 1 aromatic heterocycles. The molecule has 36 heavy (non-hydrogen) atoms. The summed E-state index contributed by atoms with van der Waals surface area (Å²) in [5.41, 5.74) is 1.00. The molecule has 1 aliphatic heterocycles. The topological polar surface area (TPSA) is 79.7 Å². The van der Waals surface area contributed by atoms with Gasteiger partial charge in [0.25, 0.3) is 5.78 Å². The number of nitrogens with zero attached hydrogens (tertiary/aromatic N) is 2. The lowest BCUT2D eigenvalue weighted by molar-refractivity contribution is -0.132. The third-order valence-corrected chi connectivity index (χ3v) is 6.77. The molecule has 0 spiro atoms. The lowest BCUT2D eigenvalue weighted by atomic mass is 9.95. The average molecular weight is 507 g/mol. The van der Waals surface area contributed by atoms with Gasteiger partial charge < -0.3 is 9.84 Å². The van der Waals surface area contributed by atoms with Crippen LogP contribution in [-0.2, 0) is 9.59 Å². The maximum Gasteiger partial charge on any atom is 0.301 e. The van der Waals surface area contributed by atoms with E-state index >= 15 is 0 Å².